The van der Waals surface area contributed by atoms with Gasteiger partial charge in [0, 0.05) is 5.39 Å². The molecule has 0 saturated heterocycles. The Morgan fingerprint density at radius 2 is 1.96 bits per heavy atom. The number of fused-ring (bicyclic) bond motifs is 1. The van der Waals surface area contributed by atoms with Gasteiger partial charge in [-0.3, -0.25) is 9.48 Å². The molecule has 0 aliphatic rings. The van der Waals surface area contributed by atoms with E-state index in [0.29, 0.717) is 17.4 Å². The highest BCUT2D eigenvalue weighted by molar-refractivity contribution is 5.78. The molecular weight excluding hydrogens is 318 g/mol. The van der Waals surface area contributed by atoms with Gasteiger partial charge in [-0.1, -0.05) is 18.2 Å². The highest BCUT2D eigenvalue weighted by atomic mass is 19.3. The van der Waals surface area contributed by atoms with Crippen molar-refractivity contribution in [3.63, 3.8) is 0 Å². The van der Waals surface area contributed by atoms with Crippen molar-refractivity contribution in [2.45, 2.75) is 13.2 Å². The lowest BCUT2D eigenvalue weighted by Gasteiger charge is -2.13. The molecule has 2 aromatic carbocycles. The quantitative estimate of drug-likeness (QED) is 0.721. The van der Waals surface area contributed by atoms with Crippen LogP contribution in [0, 0.1) is 0 Å². The average molecular weight is 332 g/mol. The molecule has 5 nitrogen and oxygen atoms in total. The summed E-state index contributed by atoms with van der Waals surface area (Å²) in [6.45, 7) is -2.57. The number of methoxy groups -OCH3 is 1. The fraction of sp³-hybridized carbons (Fsp3) is 0.176. The minimum atomic E-state index is -2.92. The third-order valence-corrected chi connectivity index (χ3v) is 3.54. The lowest BCUT2D eigenvalue weighted by molar-refractivity contribution is -0.0512. The molecule has 1 aromatic heterocycles. The number of para-hydroxylation sites is 1. The first kappa shape index (κ1) is 15.9. The third kappa shape index (κ3) is 3.19. The van der Waals surface area contributed by atoms with Crippen LogP contribution in [0.2, 0.25) is 0 Å². The van der Waals surface area contributed by atoms with Crippen LogP contribution in [-0.4, -0.2) is 23.5 Å². The predicted octanol–water partition coefficient (Wildman–Crippen LogP) is 3.05. The first-order chi connectivity index (χ1) is 11.6. The molecular formula is C17H14F2N2O3. The summed E-state index contributed by atoms with van der Waals surface area (Å²) < 4.78 is 35.9. The van der Waals surface area contributed by atoms with Crippen LogP contribution in [0.1, 0.15) is 5.56 Å². The second-order valence-electron chi connectivity index (χ2n) is 5.05. The van der Waals surface area contributed by atoms with E-state index in [9.17, 15) is 13.6 Å². The van der Waals surface area contributed by atoms with E-state index in [1.165, 1.54) is 19.4 Å². The van der Waals surface area contributed by atoms with Gasteiger partial charge < -0.3 is 9.47 Å². The first-order valence-electron chi connectivity index (χ1n) is 7.15. The van der Waals surface area contributed by atoms with Crippen molar-refractivity contribution in [3.05, 3.63) is 64.4 Å². The molecule has 3 rings (SSSR count). The van der Waals surface area contributed by atoms with Gasteiger partial charge in [0.05, 0.1) is 25.4 Å². The van der Waals surface area contributed by atoms with Crippen LogP contribution in [0.25, 0.3) is 10.9 Å². The summed E-state index contributed by atoms with van der Waals surface area (Å²) in [5.41, 5.74) is 1.31. The number of nitrogens with zero attached hydrogens (tertiary/aromatic N) is 2. The van der Waals surface area contributed by atoms with Gasteiger partial charge in [0.1, 0.15) is 0 Å². The smallest absolute Gasteiger partial charge is 0.387 e. The Labute approximate surface area is 136 Å². The Bertz CT molecular complexity index is 925. The summed E-state index contributed by atoms with van der Waals surface area (Å²) in [4.78, 5) is 11.8. The normalized spacial score (nSPS) is 11.0. The van der Waals surface area contributed by atoms with Gasteiger partial charge in [0.15, 0.2) is 11.5 Å². The zero-order valence-corrected chi connectivity index (χ0v) is 12.8. The van der Waals surface area contributed by atoms with E-state index in [1.54, 1.807) is 35.0 Å². The van der Waals surface area contributed by atoms with Crippen molar-refractivity contribution < 1.29 is 18.3 Å². The van der Waals surface area contributed by atoms with Crippen molar-refractivity contribution in [1.82, 2.24) is 9.78 Å². The van der Waals surface area contributed by atoms with Crippen molar-refractivity contribution in [2.24, 2.45) is 0 Å². The summed E-state index contributed by atoms with van der Waals surface area (Å²) in [6.07, 6.45) is 1.26. The maximum absolute atomic E-state index is 12.4. The van der Waals surface area contributed by atoms with E-state index in [0.717, 1.165) is 5.56 Å². The van der Waals surface area contributed by atoms with Gasteiger partial charge in [-0.15, -0.1) is 0 Å². The summed E-state index contributed by atoms with van der Waals surface area (Å²) in [5, 5.41) is 4.71. The monoisotopic (exact) mass is 332 g/mol. The Kier molecular flexibility index (Phi) is 4.41. The second-order valence-corrected chi connectivity index (χ2v) is 5.05. The lowest BCUT2D eigenvalue weighted by Crippen LogP contribution is -2.13. The van der Waals surface area contributed by atoms with Crippen molar-refractivity contribution in [3.8, 4) is 11.5 Å². The number of benzene rings is 2. The Morgan fingerprint density at radius 3 is 2.71 bits per heavy atom. The molecule has 3 aromatic rings. The molecule has 0 radical (unpaired) electrons. The maximum atomic E-state index is 12.4. The number of ether oxygens (including phenoxy) is 2. The van der Waals surface area contributed by atoms with Gasteiger partial charge in [0.25, 0.3) is 0 Å². The molecule has 0 N–H and O–H groups in total. The minimum Gasteiger partial charge on any atom is -0.493 e. The van der Waals surface area contributed by atoms with E-state index in [4.69, 9.17) is 4.74 Å². The van der Waals surface area contributed by atoms with Crippen LogP contribution in [-0.2, 0) is 6.54 Å². The Morgan fingerprint density at radius 1 is 1.17 bits per heavy atom. The van der Waals surface area contributed by atoms with Gasteiger partial charge in [-0.2, -0.15) is 13.9 Å². The summed E-state index contributed by atoms with van der Waals surface area (Å²) >= 11 is 0. The molecule has 0 bridgehead atoms. The summed E-state index contributed by atoms with van der Waals surface area (Å²) in [7, 11) is 1.38. The Balaban J connectivity index is 1.97. The van der Waals surface area contributed by atoms with Crippen molar-refractivity contribution >= 4 is 10.9 Å². The number of hydrogen-bond donors (Lipinski definition) is 0. The molecule has 0 aliphatic carbocycles. The van der Waals surface area contributed by atoms with E-state index in [2.05, 4.69) is 9.84 Å². The van der Waals surface area contributed by atoms with Gasteiger partial charge >= 0.3 is 6.61 Å². The number of hydrogen-bond acceptors (Lipinski definition) is 4. The second kappa shape index (κ2) is 6.66. The highest BCUT2D eigenvalue weighted by Gasteiger charge is 2.12. The van der Waals surface area contributed by atoms with Gasteiger partial charge in [-0.05, 0) is 29.8 Å². The fourth-order valence-electron chi connectivity index (χ4n) is 2.46. The van der Waals surface area contributed by atoms with E-state index >= 15 is 0 Å². The summed E-state index contributed by atoms with van der Waals surface area (Å²) in [6, 6.07) is 11.8. The van der Waals surface area contributed by atoms with Gasteiger partial charge in [-0.25, -0.2) is 0 Å². The molecule has 0 unspecified atom stereocenters. The minimum absolute atomic E-state index is 0.0334. The van der Waals surface area contributed by atoms with Crippen LogP contribution >= 0.6 is 0 Å². The molecule has 1 heterocycles. The molecule has 24 heavy (non-hydrogen) atoms. The van der Waals surface area contributed by atoms with E-state index in [-0.39, 0.29) is 16.9 Å². The number of aromatic nitrogens is 2. The third-order valence-electron chi connectivity index (χ3n) is 3.54. The zero-order valence-electron chi connectivity index (χ0n) is 12.8. The molecule has 0 atom stereocenters. The van der Waals surface area contributed by atoms with Crippen LogP contribution in [0.4, 0.5) is 8.78 Å². The molecule has 7 heteroatoms. The Hall–Kier alpha value is -2.96. The molecule has 0 aliphatic heterocycles. The molecule has 0 spiro atoms. The molecule has 0 fully saturated rings. The molecule has 0 amide bonds. The lowest BCUT2D eigenvalue weighted by atomic mass is 10.2. The van der Waals surface area contributed by atoms with Crippen LogP contribution < -0.4 is 14.9 Å². The van der Waals surface area contributed by atoms with Crippen molar-refractivity contribution in [1.29, 1.82) is 0 Å². The number of rotatable bonds is 5. The highest BCUT2D eigenvalue weighted by Crippen LogP contribution is 2.29. The number of halogens is 2. The molecule has 124 valence electrons. The maximum Gasteiger partial charge on any atom is 0.387 e. The average Bonchev–Trinajstić information content (AvgIpc) is 2.58. The standard InChI is InChI=1S/C17H14F2N2O3/c1-23-16-8-11(6-7-15(16)24-17(18)19)10-21-13-5-3-2-4-12(13)14(22)9-20-21/h2-9,17H,10H2,1H3. The fourth-order valence-corrected chi connectivity index (χ4v) is 2.46. The first-order valence-corrected chi connectivity index (χ1v) is 7.15. The summed E-state index contributed by atoms with van der Waals surface area (Å²) in [5.74, 6) is 0.173. The number of alkyl halides is 2. The topological polar surface area (TPSA) is 53.4 Å². The van der Waals surface area contributed by atoms with Crippen LogP contribution in [0.5, 0.6) is 11.5 Å². The van der Waals surface area contributed by atoms with Crippen LogP contribution in [0.15, 0.2) is 53.5 Å². The largest absolute Gasteiger partial charge is 0.493 e. The van der Waals surface area contributed by atoms with Crippen LogP contribution in [0.3, 0.4) is 0 Å². The molecule has 0 saturated carbocycles. The van der Waals surface area contributed by atoms with E-state index in [1.807, 2.05) is 6.07 Å². The van der Waals surface area contributed by atoms with E-state index < -0.39 is 6.61 Å². The zero-order chi connectivity index (χ0) is 17.1. The predicted molar refractivity (Wildman–Crippen MR) is 84.7 cm³/mol. The van der Waals surface area contributed by atoms with Gasteiger partial charge in [0.2, 0.25) is 5.43 Å². The SMILES string of the molecule is COc1cc(Cn2ncc(=O)c3ccccc32)ccc1OC(F)F. The van der Waals surface area contributed by atoms with Crippen molar-refractivity contribution in [2.75, 3.05) is 7.11 Å².